The van der Waals surface area contributed by atoms with E-state index in [4.69, 9.17) is 11.6 Å². The molecule has 3 aromatic carbocycles. The highest BCUT2D eigenvalue weighted by molar-refractivity contribution is 6.31. The predicted octanol–water partition coefficient (Wildman–Crippen LogP) is 6.57. The van der Waals surface area contributed by atoms with Crippen molar-refractivity contribution < 1.29 is 4.79 Å². The molecule has 1 heterocycles. The fraction of sp³-hybridized carbons (Fsp3) is 0.323. The van der Waals surface area contributed by atoms with E-state index in [2.05, 4.69) is 72.6 Å². The number of benzene rings is 3. The summed E-state index contributed by atoms with van der Waals surface area (Å²) < 4.78 is 0. The molecule has 4 heteroatoms. The Hall–Kier alpha value is -3.04. The summed E-state index contributed by atoms with van der Waals surface area (Å²) in [4.78, 5) is 15.0. The number of halogens is 1. The molecular weight excluding hydrogens is 452 g/mol. The Labute approximate surface area is 214 Å². The van der Waals surface area contributed by atoms with Gasteiger partial charge < -0.3 is 10.2 Å². The first-order chi connectivity index (χ1) is 17.1. The highest BCUT2D eigenvalue weighted by Gasteiger charge is 2.39. The van der Waals surface area contributed by atoms with Gasteiger partial charge in [0.1, 0.15) is 0 Å². The maximum absolute atomic E-state index is 13.0. The minimum Gasteiger partial charge on any atom is -0.388 e. The number of amides is 1. The van der Waals surface area contributed by atoms with Gasteiger partial charge in [0.15, 0.2) is 0 Å². The van der Waals surface area contributed by atoms with E-state index >= 15 is 0 Å². The summed E-state index contributed by atoms with van der Waals surface area (Å²) in [6.45, 7) is 6.86. The number of nitrogens with one attached hydrogen (secondary N) is 1. The molecule has 1 saturated heterocycles. The molecule has 3 nitrogen and oxygen atoms in total. The molecule has 1 amide bonds. The Morgan fingerprint density at radius 1 is 0.886 bits per heavy atom. The molecule has 3 aromatic rings. The summed E-state index contributed by atoms with van der Waals surface area (Å²) in [7, 11) is 0. The minimum atomic E-state index is -0.159. The summed E-state index contributed by atoms with van der Waals surface area (Å²) in [5, 5.41) is 4.38. The van der Waals surface area contributed by atoms with Gasteiger partial charge in [-0.05, 0) is 54.9 Å². The van der Waals surface area contributed by atoms with Gasteiger partial charge in [-0.25, -0.2) is 0 Å². The molecule has 0 atom stereocenters. The molecule has 35 heavy (non-hydrogen) atoms. The SMILES string of the molecule is C=C(NCCCc1ccccc1)C1(c2ccccc2)CCN(C(=O)CCc2ccccc2Cl)CC1. The molecule has 0 unspecified atom stereocenters. The van der Waals surface area contributed by atoms with Gasteiger partial charge in [-0.2, -0.15) is 0 Å². The zero-order valence-electron chi connectivity index (χ0n) is 20.4. The Bertz CT molecular complexity index is 1110. The number of nitrogens with zero attached hydrogens (tertiary/aromatic N) is 1. The van der Waals surface area contributed by atoms with Gasteiger partial charge in [0.2, 0.25) is 5.91 Å². The largest absolute Gasteiger partial charge is 0.388 e. The van der Waals surface area contributed by atoms with Crippen molar-refractivity contribution in [3.05, 3.63) is 119 Å². The van der Waals surface area contributed by atoms with Crippen LogP contribution in [0.15, 0.2) is 97.2 Å². The topological polar surface area (TPSA) is 32.3 Å². The Kier molecular flexibility index (Phi) is 8.65. The lowest BCUT2D eigenvalue weighted by atomic mass is 9.70. The van der Waals surface area contributed by atoms with Gasteiger partial charge in [0.05, 0.1) is 0 Å². The van der Waals surface area contributed by atoms with Crippen LogP contribution in [-0.4, -0.2) is 30.4 Å². The van der Waals surface area contributed by atoms with Crippen LogP contribution in [0.4, 0.5) is 0 Å². The number of hydrogen-bond donors (Lipinski definition) is 1. The van der Waals surface area contributed by atoms with Crippen LogP contribution in [0.2, 0.25) is 5.02 Å². The summed E-state index contributed by atoms with van der Waals surface area (Å²) in [5.41, 5.74) is 4.59. The maximum atomic E-state index is 13.0. The predicted molar refractivity (Wildman–Crippen MR) is 146 cm³/mol. The second-order valence-corrected chi connectivity index (χ2v) is 9.82. The molecule has 0 aromatic heterocycles. The van der Waals surface area contributed by atoms with Crippen molar-refractivity contribution in [2.75, 3.05) is 19.6 Å². The number of piperidine rings is 1. The van der Waals surface area contributed by atoms with E-state index in [0.29, 0.717) is 12.8 Å². The van der Waals surface area contributed by atoms with Crippen molar-refractivity contribution in [1.82, 2.24) is 10.2 Å². The molecule has 1 aliphatic heterocycles. The van der Waals surface area contributed by atoms with Crippen molar-refractivity contribution in [2.24, 2.45) is 0 Å². The van der Waals surface area contributed by atoms with Gasteiger partial charge in [0, 0.05) is 42.2 Å². The van der Waals surface area contributed by atoms with Crippen molar-refractivity contribution in [2.45, 2.75) is 43.9 Å². The lowest BCUT2D eigenvalue weighted by Gasteiger charge is -2.44. The van der Waals surface area contributed by atoms with E-state index in [1.807, 2.05) is 29.2 Å². The molecule has 182 valence electrons. The number of aryl methyl sites for hydroxylation is 2. The van der Waals surface area contributed by atoms with Crippen LogP contribution in [0, 0.1) is 0 Å². The fourth-order valence-corrected chi connectivity index (χ4v) is 5.34. The van der Waals surface area contributed by atoms with Crippen molar-refractivity contribution in [3.63, 3.8) is 0 Å². The van der Waals surface area contributed by atoms with Crippen molar-refractivity contribution in [3.8, 4) is 0 Å². The van der Waals surface area contributed by atoms with Gasteiger partial charge in [-0.3, -0.25) is 4.79 Å². The van der Waals surface area contributed by atoms with Crippen LogP contribution in [0.1, 0.15) is 42.4 Å². The van der Waals surface area contributed by atoms with Crippen LogP contribution in [0.3, 0.4) is 0 Å². The van der Waals surface area contributed by atoms with E-state index in [-0.39, 0.29) is 11.3 Å². The zero-order chi connectivity index (χ0) is 24.5. The summed E-state index contributed by atoms with van der Waals surface area (Å²) in [6, 6.07) is 29.0. The first-order valence-electron chi connectivity index (χ1n) is 12.6. The lowest BCUT2D eigenvalue weighted by Crippen LogP contribution is -2.48. The smallest absolute Gasteiger partial charge is 0.222 e. The summed E-state index contributed by atoms with van der Waals surface area (Å²) in [5.74, 6) is 0.202. The summed E-state index contributed by atoms with van der Waals surface area (Å²) >= 11 is 6.28. The van der Waals surface area contributed by atoms with Crippen LogP contribution < -0.4 is 5.32 Å². The number of carbonyl (C=O) groups is 1. The molecule has 0 radical (unpaired) electrons. The minimum absolute atomic E-state index is 0.159. The van der Waals surface area contributed by atoms with Crippen LogP contribution in [0.5, 0.6) is 0 Å². The third-order valence-electron chi connectivity index (χ3n) is 7.26. The first-order valence-corrected chi connectivity index (χ1v) is 13.0. The molecule has 0 bridgehead atoms. The number of carbonyl (C=O) groups excluding carboxylic acids is 1. The van der Waals surface area contributed by atoms with Crippen LogP contribution in [0.25, 0.3) is 0 Å². The molecular formula is C31H35ClN2O. The quantitative estimate of drug-likeness (QED) is 0.329. The highest BCUT2D eigenvalue weighted by atomic mass is 35.5. The molecule has 1 N–H and O–H groups in total. The molecule has 0 saturated carbocycles. The maximum Gasteiger partial charge on any atom is 0.222 e. The third kappa shape index (κ3) is 6.35. The molecule has 1 fully saturated rings. The van der Waals surface area contributed by atoms with Crippen molar-refractivity contribution in [1.29, 1.82) is 0 Å². The molecule has 0 spiro atoms. The lowest BCUT2D eigenvalue weighted by molar-refractivity contribution is -0.132. The number of hydrogen-bond acceptors (Lipinski definition) is 2. The first kappa shape index (κ1) is 25.1. The second kappa shape index (κ2) is 12.1. The third-order valence-corrected chi connectivity index (χ3v) is 7.63. The van der Waals surface area contributed by atoms with E-state index in [1.165, 1.54) is 11.1 Å². The average Bonchev–Trinajstić information content (AvgIpc) is 2.91. The van der Waals surface area contributed by atoms with E-state index in [9.17, 15) is 4.79 Å². The zero-order valence-corrected chi connectivity index (χ0v) is 21.1. The average molecular weight is 487 g/mol. The van der Waals surface area contributed by atoms with Gasteiger partial charge in [-0.1, -0.05) is 97.0 Å². The highest BCUT2D eigenvalue weighted by Crippen LogP contribution is 2.40. The molecule has 4 rings (SSSR count). The van der Waals surface area contributed by atoms with E-state index in [0.717, 1.165) is 61.6 Å². The number of allylic oxidation sites excluding steroid dienone is 1. The van der Waals surface area contributed by atoms with Gasteiger partial charge in [0.25, 0.3) is 0 Å². The van der Waals surface area contributed by atoms with Gasteiger partial charge in [-0.15, -0.1) is 0 Å². The molecule has 1 aliphatic rings. The van der Waals surface area contributed by atoms with Crippen LogP contribution in [-0.2, 0) is 23.1 Å². The standard InChI is InChI=1S/C31H35ClN2O/c1-25(33-22-10-13-26-11-4-2-5-12-26)31(28-15-6-3-7-16-28)20-23-34(24-21-31)30(35)19-18-27-14-8-9-17-29(27)32/h2-9,11-12,14-17,33H,1,10,13,18-24H2. The second-order valence-electron chi connectivity index (χ2n) is 9.41. The Balaban J connectivity index is 1.35. The van der Waals surface area contributed by atoms with E-state index in [1.54, 1.807) is 0 Å². The normalized spacial score (nSPS) is 14.9. The van der Waals surface area contributed by atoms with Crippen molar-refractivity contribution >= 4 is 17.5 Å². The van der Waals surface area contributed by atoms with Gasteiger partial charge >= 0.3 is 0 Å². The number of rotatable bonds is 10. The monoisotopic (exact) mass is 486 g/mol. The van der Waals surface area contributed by atoms with E-state index < -0.39 is 0 Å². The fourth-order valence-electron chi connectivity index (χ4n) is 5.11. The Morgan fingerprint density at radius 2 is 1.51 bits per heavy atom. The summed E-state index contributed by atoms with van der Waals surface area (Å²) in [6.07, 6.45) is 5.02. The number of likely N-dealkylation sites (tertiary alicyclic amines) is 1. The Morgan fingerprint density at radius 3 is 2.20 bits per heavy atom. The van der Waals surface area contributed by atoms with Crippen LogP contribution >= 0.6 is 11.6 Å². The molecule has 0 aliphatic carbocycles.